The Balaban J connectivity index is 1.33. The van der Waals surface area contributed by atoms with E-state index in [0.717, 1.165) is 45.0 Å². The quantitative estimate of drug-likeness (QED) is 0.496. The van der Waals surface area contributed by atoms with Gasteiger partial charge in [0.1, 0.15) is 11.6 Å². The van der Waals surface area contributed by atoms with E-state index in [1.165, 1.54) is 11.6 Å². The molecule has 2 aromatic heterocycles. The Morgan fingerprint density at radius 2 is 1.75 bits per heavy atom. The summed E-state index contributed by atoms with van der Waals surface area (Å²) in [7, 11) is 0. The highest BCUT2D eigenvalue weighted by molar-refractivity contribution is 5.60. The number of nitriles is 1. The van der Waals surface area contributed by atoms with Crippen molar-refractivity contribution in [3.63, 3.8) is 0 Å². The van der Waals surface area contributed by atoms with E-state index < -0.39 is 0 Å². The number of aromatic nitrogens is 4. The van der Waals surface area contributed by atoms with Gasteiger partial charge in [-0.15, -0.1) is 15.3 Å². The number of benzene rings is 2. The number of hydrogen-bond acceptors (Lipinski definition) is 6. The lowest BCUT2D eigenvalue weighted by atomic mass is 10.1. The Bertz CT molecular complexity index is 1280. The Hall–Kier alpha value is -3.83. The van der Waals surface area contributed by atoms with E-state index in [1.807, 2.05) is 36.4 Å². The summed E-state index contributed by atoms with van der Waals surface area (Å²) in [5.41, 5.74) is 2.86. The van der Waals surface area contributed by atoms with Crippen LogP contribution < -0.4 is 4.90 Å². The summed E-state index contributed by atoms with van der Waals surface area (Å²) in [5, 5.41) is 22.0. The largest absolute Gasteiger partial charge is 0.354 e. The molecular weight excluding hydrogens is 405 g/mol. The van der Waals surface area contributed by atoms with E-state index in [1.54, 1.807) is 22.7 Å². The minimum absolute atomic E-state index is 0.345. The normalized spacial score (nSPS) is 14.9. The minimum atomic E-state index is -0.345. The van der Waals surface area contributed by atoms with Crippen molar-refractivity contribution in [2.75, 3.05) is 31.1 Å². The molecule has 5 rings (SSSR count). The standard InChI is InChI=1S/C24H22FN7/c25-21-5-2-1-4-20(21)24-28-27-22-10-11-23(29-32(22)24)31-13-3-12-30(14-15-31)17-19-8-6-18(16-26)7-9-19/h1-2,4-11H,3,12-15,17H2. The lowest BCUT2D eigenvalue weighted by molar-refractivity contribution is 0.285. The molecule has 4 aromatic rings. The lowest BCUT2D eigenvalue weighted by Crippen LogP contribution is -2.31. The molecule has 160 valence electrons. The molecule has 0 atom stereocenters. The molecule has 0 bridgehead atoms. The summed E-state index contributed by atoms with van der Waals surface area (Å²) in [4.78, 5) is 4.67. The molecule has 0 aliphatic carbocycles. The van der Waals surface area contributed by atoms with E-state index in [4.69, 9.17) is 10.4 Å². The summed E-state index contributed by atoms with van der Waals surface area (Å²) in [5.74, 6) is 0.884. The third kappa shape index (κ3) is 4.03. The molecule has 1 aliphatic heterocycles. The number of nitrogens with zero attached hydrogens (tertiary/aromatic N) is 7. The molecule has 2 aromatic carbocycles. The predicted molar refractivity (Wildman–Crippen MR) is 119 cm³/mol. The summed E-state index contributed by atoms with van der Waals surface area (Å²) >= 11 is 0. The molecule has 1 saturated heterocycles. The maximum Gasteiger partial charge on any atom is 0.188 e. The van der Waals surface area contributed by atoms with Crippen LogP contribution in [0.1, 0.15) is 17.5 Å². The molecule has 1 fully saturated rings. The molecule has 3 heterocycles. The van der Waals surface area contributed by atoms with Crippen molar-refractivity contribution < 1.29 is 4.39 Å². The van der Waals surface area contributed by atoms with Crippen LogP contribution in [-0.2, 0) is 6.54 Å². The van der Waals surface area contributed by atoms with Crippen molar-refractivity contribution in [1.82, 2.24) is 24.7 Å². The van der Waals surface area contributed by atoms with Crippen LogP contribution in [-0.4, -0.2) is 50.9 Å². The molecule has 0 N–H and O–H groups in total. The molecule has 1 aliphatic rings. The fourth-order valence-corrected chi connectivity index (χ4v) is 4.06. The Morgan fingerprint density at radius 3 is 2.56 bits per heavy atom. The van der Waals surface area contributed by atoms with Crippen LogP contribution in [0.4, 0.5) is 10.2 Å². The second-order valence-corrected chi connectivity index (χ2v) is 7.89. The van der Waals surface area contributed by atoms with E-state index in [-0.39, 0.29) is 5.82 Å². The summed E-state index contributed by atoms with van der Waals surface area (Å²) in [6, 6.07) is 20.3. The van der Waals surface area contributed by atoms with Gasteiger partial charge in [0, 0.05) is 32.7 Å². The van der Waals surface area contributed by atoms with Crippen LogP contribution in [0.25, 0.3) is 17.0 Å². The van der Waals surface area contributed by atoms with Gasteiger partial charge >= 0.3 is 0 Å². The minimum Gasteiger partial charge on any atom is -0.354 e. The van der Waals surface area contributed by atoms with E-state index in [2.05, 4.69) is 26.1 Å². The summed E-state index contributed by atoms with van der Waals surface area (Å²) in [6.45, 7) is 4.48. The Kier molecular flexibility index (Phi) is 5.48. The average molecular weight is 427 g/mol. The van der Waals surface area contributed by atoms with Crippen LogP contribution in [0.15, 0.2) is 60.7 Å². The molecule has 0 unspecified atom stereocenters. The van der Waals surface area contributed by atoms with Gasteiger partial charge in [-0.3, -0.25) is 4.90 Å². The van der Waals surface area contributed by atoms with Crippen molar-refractivity contribution >= 4 is 11.5 Å². The zero-order chi connectivity index (χ0) is 21.9. The van der Waals surface area contributed by atoms with Crippen LogP contribution in [0.2, 0.25) is 0 Å². The van der Waals surface area contributed by atoms with Crippen molar-refractivity contribution in [2.24, 2.45) is 0 Å². The zero-order valence-electron chi connectivity index (χ0n) is 17.5. The maximum atomic E-state index is 14.3. The molecule has 8 heteroatoms. The highest BCUT2D eigenvalue weighted by Crippen LogP contribution is 2.23. The highest BCUT2D eigenvalue weighted by atomic mass is 19.1. The first kappa shape index (κ1) is 20.1. The van der Waals surface area contributed by atoms with Gasteiger partial charge in [-0.25, -0.2) is 4.39 Å². The van der Waals surface area contributed by atoms with Crippen molar-refractivity contribution in [3.05, 3.63) is 77.6 Å². The van der Waals surface area contributed by atoms with E-state index >= 15 is 0 Å². The van der Waals surface area contributed by atoms with Gasteiger partial charge in [-0.2, -0.15) is 9.78 Å². The fraction of sp³-hybridized carbons (Fsp3) is 0.250. The SMILES string of the molecule is N#Cc1ccc(CN2CCCN(c3ccc4nnc(-c5ccccc5F)n4n3)CC2)cc1. The highest BCUT2D eigenvalue weighted by Gasteiger charge is 2.19. The zero-order valence-corrected chi connectivity index (χ0v) is 17.5. The number of rotatable bonds is 4. The van der Waals surface area contributed by atoms with Gasteiger partial charge in [-0.05, 0) is 48.4 Å². The Morgan fingerprint density at radius 1 is 0.906 bits per heavy atom. The van der Waals surface area contributed by atoms with Gasteiger partial charge < -0.3 is 4.90 Å². The monoisotopic (exact) mass is 427 g/mol. The predicted octanol–water partition coefficient (Wildman–Crippen LogP) is 3.51. The number of halogens is 1. The molecule has 0 amide bonds. The first-order valence-corrected chi connectivity index (χ1v) is 10.6. The average Bonchev–Trinajstić information content (AvgIpc) is 3.10. The fourth-order valence-electron chi connectivity index (χ4n) is 4.06. The topological polar surface area (TPSA) is 73.4 Å². The second-order valence-electron chi connectivity index (χ2n) is 7.89. The molecule has 0 saturated carbocycles. The first-order chi connectivity index (χ1) is 15.7. The van der Waals surface area contributed by atoms with Crippen LogP contribution >= 0.6 is 0 Å². The molecular formula is C24H22FN7. The lowest BCUT2D eigenvalue weighted by Gasteiger charge is -2.22. The van der Waals surface area contributed by atoms with Crippen LogP contribution in [0, 0.1) is 17.1 Å². The Labute approximate surface area is 185 Å². The van der Waals surface area contributed by atoms with Gasteiger partial charge in [0.15, 0.2) is 11.5 Å². The summed E-state index contributed by atoms with van der Waals surface area (Å²) < 4.78 is 15.9. The molecule has 0 radical (unpaired) electrons. The summed E-state index contributed by atoms with van der Waals surface area (Å²) in [6.07, 6.45) is 1.01. The van der Waals surface area contributed by atoms with Crippen LogP contribution in [0.5, 0.6) is 0 Å². The van der Waals surface area contributed by atoms with Gasteiger partial charge in [-0.1, -0.05) is 24.3 Å². The van der Waals surface area contributed by atoms with Gasteiger partial charge in [0.2, 0.25) is 0 Å². The maximum absolute atomic E-state index is 14.3. The molecule has 32 heavy (non-hydrogen) atoms. The van der Waals surface area contributed by atoms with Crippen molar-refractivity contribution in [2.45, 2.75) is 13.0 Å². The third-order valence-electron chi connectivity index (χ3n) is 5.77. The third-order valence-corrected chi connectivity index (χ3v) is 5.77. The number of fused-ring (bicyclic) bond motifs is 1. The van der Waals surface area contributed by atoms with E-state index in [0.29, 0.717) is 22.6 Å². The first-order valence-electron chi connectivity index (χ1n) is 10.6. The number of hydrogen-bond donors (Lipinski definition) is 0. The van der Waals surface area contributed by atoms with Gasteiger partial charge in [0.25, 0.3) is 0 Å². The number of anilines is 1. The van der Waals surface area contributed by atoms with Crippen molar-refractivity contribution in [3.8, 4) is 17.5 Å². The molecule has 0 spiro atoms. The van der Waals surface area contributed by atoms with E-state index in [9.17, 15) is 4.39 Å². The second kappa shape index (κ2) is 8.73. The molecule has 7 nitrogen and oxygen atoms in total. The van der Waals surface area contributed by atoms with Gasteiger partial charge in [0.05, 0.1) is 17.2 Å². The van der Waals surface area contributed by atoms with Crippen LogP contribution in [0.3, 0.4) is 0 Å². The smallest absolute Gasteiger partial charge is 0.188 e. The van der Waals surface area contributed by atoms with Crippen molar-refractivity contribution in [1.29, 1.82) is 5.26 Å².